The molecule has 1 aromatic rings. The van der Waals surface area contributed by atoms with E-state index in [1.807, 2.05) is 0 Å². The smallest absolute Gasteiger partial charge is 0.0294 e. The summed E-state index contributed by atoms with van der Waals surface area (Å²) in [5.74, 6) is 0.933. The van der Waals surface area contributed by atoms with Gasteiger partial charge in [0.25, 0.3) is 0 Å². The van der Waals surface area contributed by atoms with E-state index in [4.69, 9.17) is 0 Å². The van der Waals surface area contributed by atoms with Crippen LogP contribution in [0.3, 0.4) is 0 Å². The first-order chi connectivity index (χ1) is 7.70. The Hall–Kier alpha value is -0.340. The minimum absolute atomic E-state index is 0.472. The Labute approximate surface area is 107 Å². The van der Waals surface area contributed by atoms with E-state index in [-0.39, 0.29) is 0 Å². The topological polar surface area (TPSA) is 12.0 Å². The van der Waals surface area contributed by atoms with Gasteiger partial charge in [0.05, 0.1) is 0 Å². The first-order valence-electron chi connectivity index (χ1n) is 6.22. The van der Waals surface area contributed by atoms with Gasteiger partial charge < -0.3 is 5.32 Å². The van der Waals surface area contributed by atoms with Crippen molar-refractivity contribution in [1.82, 2.24) is 5.32 Å². The minimum atomic E-state index is 0.472. The van der Waals surface area contributed by atoms with Crippen molar-refractivity contribution in [3.05, 3.63) is 34.3 Å². The maximum atomic E-state index is 3.71. The largest absolute Gasteiger partial charge is 0.307 e. The van der Waals surface area contributed by atoms with Gasteiger partial charge in [-0.05, 0) is 43.4 Å². The monoisotopic (exact) mass is 281 g/mol. The van der Waals surface area contributed by atoms with Gasteiger partial charge in [0.15, 0.2) is 0 Å². The van der Waals surface area contributed by atoms with Gasteiger partial charge in [-0.15, -0.1) is 0 Å². The van der Waals surface area contributed by atoms with Crippen LogP contribution in [0.5, 0.6) is 0 Å². The zero-order valence-corrected chi connectivity index (χ0v) is 11.6. The molecule has 2 heteroatoms. The van der Waals surface area contributed by atoms with Gasteiger partial charge in [-0.3, -0.25) is 0 Å². The van der Waals surface area contributed by atoms with E-state index in [1.165, 1.54) is 24.8 Å². The molecule has 0 heterocycles. The van der Waals surface area contributed by atoms with Crippen LogP contribution in [0.15, 0.2) is 28.7 Å². The SMILES string of the molecule is CCCC1CC1NC(C)c1ccc(Br)cc1. The van der Waals surface area contributed by atoms with Crippen LogP contribution in [-0.2, 0) is 0 Å². The Bertz CT molecular complexity index is 333. The van der Waals surface area contributed by atoms with Gasteiger partial charge in [-0.2, -0.15) is 0 Å². The fourth-order valence-electron chi connectivity index (χ4n) is 2.31. The molecule has 0 saturated heterocycles. The minimum Gasteiger partial charge on any atom is -0.307 e. The first kappa shape index (κ1) is 12.1. The third-order valence-electron chi connectivity index (χ3n) is 3.42. The van der Waals surface area contributed by atoms with E-state index in [9.17, 15) is 0 Å². The van der Waals surface area contributed by atoms with Crippen molar-refractivity contribution in [3.63, 3.8) is 0 Å². The third-order valence-corrected chi connectivity index (χ3v) is 3.94. The summed E-state index contributed by atoms with van der Waals surface area (Å²) in [7, 11) is 0. The summed E-state index contributed by atoms with van der Waals surface area (Å²) in [6.07, 6.45) is 4.06. The molecule has 1 fully saturated rings. The summed E-state index contributed by atoms with van der Waals surface area (Å²) in [6, 6.07) is 9.85. The van der Waals surface area contributed by atoms with E-state index in [2.05, 4.69) is 59.4 Å². The van der Waals surface area contributed by atoms with Gasteiger partial charge in [0.1, 0.15) is 0 Å². The molecule has 0 aliphatic heterocycles. The Balaban J connectivity index is 1.84. The Morgan fingerprint density at radius 2 is 2.06 bits per heavy atom. The van der Waals surface area contributed by atoms with Crippen LogP contribution in [0.4, 0.5) is 0 Å². The van der Waals surface area contributed by atoms with E-state index >= 15 is 0 Å². The predicted octanol–water partition coefficient (Wildman–Crippen LogP) is 4.29. The molecule has 2 rings (SSSR count). The molecule has 1 nitrogen and oxygen atoms in total. The van der Waals surface area contributed by atoms with Crippen molar-refractivity contribution in [3.8, 4) is 0 Å². The molecule has 3 atom stereocenters. The normalized spacial score (nSPS) is 25.4. The number of benzene rings is 1. The van der Waals surface area contributed by atoms with E-state index in [0.717, 1.165) is 16.4 Å². The summed E-state index contributed by atoms with van der Waals surface area (Å²) in [5, 5.41) is 3.71. The summed E-state index contributed by atoms with van der Waals surface area (Å²) in [6.45, 7) is 4.53. The number of rotatable bonds is 5. The number of hydrogen-bond donors (Lipinski definition) is 1. The van der Waals surface area contributed by atoms with Crippen molar-refractivity contribution < 1.29 is 0 Å². The molecule has 0 aromatic heterocycles. The van der Waals surface area contributed by atoms with Crippen LogP contribution in [0.2, 0.25) is 0 Å². The Kier molecular flexibility index (Phi) is 4.04. The fraction of sp³-hybridized carbons (Fsp3) is 0.571. The lowest BCUT2D eigenvalue weighted by Crippen LogP contribution is -2.22. The molecule has 1 aliphatic rings. The number of halogens is 1. The van der Waals surface area contributed by atoms with E-state index in [0.29, 0.717) is 6.04 Å². The molecular formula is C14H20BrN. The molecular weight excluding hydrogens is 262 g/mol. The maximum absolute atomic E-state index is 3.71. The quantitative estimate of drug-likeness (QED) is 0.849. The van der Waals surface area contributed by atoms with E-state index in [1.54, 1.807) is 0 Å². The summed E-state index contributed by atoms with van der Waals surface area (Å²) >= 11 is 3.47. The number of nitrogens with one attached hydrogen (secondary N) is 1. The second-order valence-corrected chi connectivity index (χ2v) is 5.75. The average Bonchev–Trinajstić information content (AvgIpc) is 2.98. The average molecular weight is 282 g/mol. The van der Waals surface area contributed by atoms with Gasteiger partial charge in [0.2, 0.25) is 0 Å². The molecule has 1 aliphatic carbocycles. The van der Waals surface area contributed by atoms with Crippen LogP contribution in [0.25, 0.3) is 0 Å². The van der Waals surface area contributed by atoms with Crippen LogP contribution >= 0.6 is 15.9 Å². The highest BCUT2D eigenvalue weighted by molar-refractivity contribution is 9.10. The molecule has 0 bridgehead atoms. The summed E-state index contributed by atoms with van der Waals surface area (Å²) in [5.41, 5.74) is 1.38. The number of hydrogen-bond acceptors (Lipinski definition) is 1. The second-order valence-electron chi connectivity index (χ2n) is 4.83. The lowest BCUT2D eigenvalue weighted by atomic mass is 10.1. The molecule has 1 N–H and O–H groups in total. The molecule has 1 aromatic carbocycles. The van der Waals surface area contributed by atoms with Crippen molar-refractivity contribution >= 4 is 15.9 Å². The van der Waals surface area contributed by atoms with Crippen molar-refractivity contribution in [2.24, 2.45) is 5.92 Å². The molecule has 0 radical (unpaired) electrons. The lowest BCUT2D eigenvalue weighted by molar-refractivity contribution is 0.530. The zero-order chi connectivity index (χ0) is 11.5. The van der Waals surface area contributed by atoms with Gasteiger partial charge in [-0.1, -0.05) is 41.4 Å². The third kappa shape index (κ3) is 3.08. The van der Waals surface area contributed by atoms with Crippen LogP contribution in [0.1, 0.15) is 44.7 Å². The molecule has 0 amide bonds. The van der Waals surface area contributed by atoms with Gasteiger partial charge in [-0.25, -0.2) is 0 Å². The lowest BCUT2D eigenvalue weighted by Gasteiger charge is -2.14. The molecule has 88 valence electrons. The fourth-order valence-corrected chi connectivity index (χ4v) is 2.57. The van der Waals surface area contributed by atoms with Crippen LogP contribution < -0.4 is 5.32 Å². The molecule has 1 saturated carbocycles. The Morgan fingerprint density at radius 3 is 2.69 bits per heavy atom. The van der Waals surface area contributed by atoms with Crippen LogP contribution in [0, 0.1) is 5.92 Å². The first-order valence-corrected chi connectivity index (χ1v) is 7.01. The van der Waals surface area contributed by atoms with Gasteiger partial charge >= 0.3 is 0 Å². The highest BCUT2D eigenvalue weighted by Crippen LogP contribution is 2.36. The molecule has 16 heavy (non-hydrogen) atoms. The van der Waals surface area contributed by atoms with E-state index < -0.39 is 0 Å². The Morgan fingerprint density at radius 1 is 1.38 bits per heavy atom. The van der Waals surface area contributed by atoms with Crippen molar-refractivity contribution in [2.75, 3.05) is 0 Å². The molecule has 3 unspecified atom stereocenters. The molecule has 0 spiro atoms. The highest BCUT2D eigenvalue weighted by atomic mass is 79.9. The summed E-state index contributed by atoms with van der Waals surface area (Å²) in [4.78, 5) is 0. The second kappa shape index (κ2) is 5.33. The predicted molar refractivity (Wildman–Crippen MR) is 72.5 cm³/mol. The summed E-state index contributed by atoms with van der Waals surface area (Å²) < 4.78 is 1.15. The zero-order valence-electron chi connectivity index (χ0n) is 10.0. The van der Waals surface area contributed by atoms with Crippen LogP contribution in [-0.4, -0.2) is 6.04 Å². The van der Waals surface area contributed by atoms with Crippen molar-refractivity contribution in [1.29, 1.82) is 0 Å². The highest BCUT2D eigenvalue weighted by Gasteiger charge is 2.36. The van der Waals surface area contributed by atoms with Gasteiger partial charge in [0, 0.05) is 16.6 Å². The standard InChI is InChI=1S/C14H20BrN/c1-3-4-12-9-14(12)16-10(2)11-5-7-13(15)8-6-11/h5-8,10,12,14,16H,3-4,9H2,1-2H3. The van der Waals surface area contributed by atoms with Crippen molar-refractivity contribution in [2.45, 2.75) is 45.2 Å². The maximum Gasteiger partial charge on any atom is 0.0294 e.